The van der Waals surface area contributed by atoms with E-state index in [1.807, 2.05) is 70.2 Å². The maximum Gasteiger partial charge on any atom is 0.410 e. The molecule has 0 aromatic heterocycles. The van der Waals surface area contributed by atoms with Gasteiger partial charge in [-0.3, -0.25) is 19.4 Å². The fourth-order valence-corrected chi connectivity index (χ4v) is 12.5. The van der Waals surface area contributed by atoms with Gasteiger partial charge in [0.05, 0.1) is 22.5 Å². The van der Waals surface area contributed by atoms with Crippen LogP contribution >= 0.6 is 58.8 Å². The van der Waals surface area contributed by atoms with Crippen molar-refractivity contribution in [3.8, 4) is 0 Å². The molecule has 11 nitrogen and oxygen atoms in total. The number of nitrogens with zero attached hydrogens (tertiary/aromatic N) is 4. The first kappa shape index (κ1) is 58.2. The van der Waals surface area contributed by atoms with Gasteiger partial charge in [0.15, 0.2) is 0 Å². The molecular weight excluding hydrogens is 992 g/mol. The van der Waals surface area contributed by atoms with Gasteiger partial charge in [0.2, 0.25) is 11.8 Å². The van der Waals surface area contributed by atoms with Gasteiger partial charge in [-0.25, -0.2) is 9.59 Å². The Bertz CT molecular complexity index is 1850. The van der Waals surface area contributed by atoms with E-state index < -0.39 is 6.04 Å². The highest BCUT2D eigenvalue weighted by atomic mass is 35.5. The molecule has 2 aromatic rings. The smallest absolute Gasteiger partial charge is 0.410 e. The molecule has 4 heterocycles. The van der Waals surface area contributed by atoms with Gasteiger partial charge in [0.1, 0.15) is 13.2 Å². The van der Waals surface area contributed by atoms with E-state index in [2.05, 4.69) is 32.6 Å². The number of ether oxygens (including phenoxy) is 2. The molecule has 4 saturated heterocycles. The van der Waals surface area contributed by atoms with Gasteiger partial charge >= 0.3 is 12.2 Å². The molecular formula is C54H80Cl5N5O6. The van der Waals surface area contributed by atoms with Gasteiger partial charge in [-0.1, -0.05) is 92.9 Å². The Hall–Kier alpha value is -2.67. The van der Waals surface area contributed by atoms with Crippen LogP contribution in [-0.4, -0.2) is 119 Å². The molecule has 0 radical (unpaired) electrons. The van der Waals surface area contributed by atoms with Crippen LogP contribution in [0.15, 0.2) is 48.5 Å². The Labute approximate surface area is 444 Å². The number of hydrogen-bond acceptors (Lipinski definition) is 7. The van der Waals surface area contributed by atoms with Crippen LogP contribution in [0.2, 0.25) is 10.0 Å². The molecule has 2 N–H and O–H groups in total. The molecule has 0 unspecified atom stereocenters. The van der Waals surface area contributed by atoms with E-state index in [0.717, 1.165) is 74.4 Å². The lowest BCUT2D eigenvalue weighted by molar-refractivity contribution is -0.139. The van der Waals surface area contributed by atoms with Crippen LogP contribution in [0.5, 0.6) is 0 Å². The molecule has 2 aromatic carbocycles. The van der Waals surface area contributed by atoms with Crippen LogP contribution in [0.4, 0.5) is 9.59 Å². The molecule has 16 heteroatoms. The number of halogens is 5. The van der Waals surface area contributed by atoms with Crippen LogP contribution in [-0.2, 0) is 31.9 Å². The van der Waals surface area contributed by atoms with Crippen LogP contribution in [0.1, 0.15) is 136 Å². The third kappa shape index (κ3) is 14.8. The first-order chi connectivity index (χ1) is 32.8. The van der Waals surface area contributed by atoms with Crippen LogP contribution < -0.4 is 5.73 Å². The predicted molar refractivity (Wildman–Crippen MR) is 285 cm³/mol. The van der Waals surface area contributed by atoms with Crippen molar-refractivity contribution in [2.24, 2.45) is 34.3 Å². The quantitative estimate of drug-likeness (QED) is 0.210. The summed E-state index contributed by atoms with van der Waals surface area (Å²) in [7, 11) is 0. The average Bonchev–Trinajstić information content (AvgIpc) is 3.76. The Morgan fingerprint density at radius 1 is 0.614 bits per heavy atom. The molecule has 4 amide bonds. The zero-order chi connectivity index (χ0) is 50.0. The summed E-state index contributed by atoms with van der Waals surface area (Å²) in [5, 5.41) is 1.59. The molecule has 0 spiro atoms. The molecule has 0 bridgehead atoms. The highest BCUT2D eigenvalue weighted by Crippen LogP contribution is 2.49. The van der Waals surface area contributed by atoms with E-state index >= 15 is 0 Å². The van der Waals surface area contributed by atoms with Crippen LogP contribution in [0.25, 0.3) is 0 Å². The van der Waals surface area contributed by atoms with Gasteiger partial charge in [0, 0.05) is 55.2 Å². The Kier molecular flexibility index (Phi) is 21.6. The molecule has 6 aliphatic rings. The lowest BCUT2D eigenvalue weighted by Crippen LogP contribution is -2.56. The summed E-state index contributed by atoms with van der Waals surface area (Å²) < 4.78 is 10.8. The third-order valence-corrected chi connectivity index (χ3v) is 17.1. The number of cyclic esters (lactones) is 2. The second-order valence-electron chi connectivity index (χ2n) is 22.2. The summed E-state index contributed by atoms with van der Waals surface area (Å²) in [6, 6.07) is 14.8. The number of carbonyl (C=O) groups excluding carboxylic acids is 4. The van der Waals surface area contributed by atoms with Gasteiger partial charge in [-0.15, -0.1) is 35.6 Å². The summed E-state index contributed by atoms with van der Waals surface area (Å²) in [4.78, 5) is 59.5. The predicted octanol–water partition coefficient (Wildman–Crippen LogP) is 12.4. The minimum absolute atomic E-state index is 0. The number of amides is 4. The number of likely N-dealkylation sites (tertiary alicyclic amines) is 2. The summed E-state index contributed by atoms with van der Waals surface area (Å²) in [6.07, 6.45) is 17.2. The van der Waals surface area contributed by atoms with Gasteiger partial charge < -0.3 is 25.0 Å². The van der Waals surface area contributed by atoms with Crippen molar-refractivity contribution in [3.05, 3.63) is 69.7 Å². The minimum atomic E-state index is -0.555. The minimum Gasteiger partial charge on any atom is -0.447 e. The Morgan fingerprint density at radius 2 is 0.957 bits per heavy atom. The maximum atomic E-state index is 13.3. The van der Waals surface area contributed by atoms with Gasteiger partial charge in [-0.05, 0) is 150 Å². The fourth-order valence-electron chi connectivity index (χ4n) is 12.2. The van der Waals surface area contributed by atoms with E-state index in [1.54, 1.807) is 0 Å². The average molecular weight is 1070 g/mol. The first-order valence-electron chi connectivity index (χ1n) is 25.6. The largest absolute Gasteiger partial charge is 0.447 e. The lowest BCUT2D eigenvalue weighted by Gasteiger charge is -2.50. The van der Waals surface area contributed by atoms with E-state index in [0.29, 0.717) is 49.6 Å². The molecule has 70 heavy (non-hydrogen) atoms. The first-order valence-corrected chi connectivity index (χ1v) is 27.5. The van der Waals surface area contributed by atoms with Crippen molar-refractivity contribution in [3.63, 3.8) is 0 Å². The zero-order valence-electron chi connectivity index (χ0n) is 42.3. The summed E-state index contributed by atoms with van der Waals surface area (Å²) in [6.45, 7) is 15.7. The molecule has 6 fully saturated rings. The number of benzene rings is 2. The number of carbonyl (C=O) groups is 4. The van der Waals surface area contributed by atoms with E-state index in [-0.39, 0.29) is 69.6 Å². The van der Waals surface area contributed by atoms with Gasteiger partial charge in [0.25, 0.3) is 0 Å². The normalized spacial score (nSPS) is 22.8. The van der Waals surface area contributed by atoms with Crippen molar-refractivity contribution < 1.29 is 28.7 Å². The van der Waals surface area contributed by atoms with Crippen LogP contribution in [0, 0.1) is 28.6 Å². The van der Waals surface area contributed by atoms with E-state index in [9.17, 15) is 19.2 Å². The molecule has 2 saturated carbocycles. The summed E-state index contributed by atoms with van der Waals surface area (Å²) >= 11 is 21.5. The molecule has 2 aliphatic carbocycles. The highest BCUT2D eigenvalue weighted by molar-refractivity contribution is 6.40. The van der Waals surface area contributed by atoms with Crippen molar-refractivity contribution >= 4 is 82.8 Å². The standard InChI is InChI=1S/C27H39ClN2O3.C26H38ClN3O3.CH2Cl2.ClH/c1-20(17-21-9-11-23(28)12-10-21)24(31)29-15-13-27(14-16-29,22-7-5-4-6-8-22)18-30-25(32)33-19-26(30,2)3;1-25(2)18-33-24(32)30(25)17-26(20-6-4-3-5-7-20)12-14-29(15-13-26)23(31)22(28)16-19-8-10-21(27)11-9-19;2-1-3;/h9-12,20,22H,4-8,13-19H2,1-3H3;8-11,20,22H,3-7,12-18,28H2,1-2H3;1H2;1H/t20-;22-;;/m11../s1. The lowest BCUT2D eigenvalue weighted by atomic mass is 9.63. The Morgan fingerprint density at radius 3 is 1.30 bits per heavy atom. The monoisotopic (exact) mass is 1070 g/mol. The van der Waals surface area contributed by atoms with Crippen molar-refractivity contribution in [2.45, 2.75) is 154 Å². The highest BCUT2D eigenvalue weighted by Gasteiger charge is 2.51. The fraction of sp³-hybridized carbons (Fsp3) is 0.704. The topological polar surface area (TPSA) is 126 Å². The van der Waals surface area contributed by atoms with Crippen LogP contribution in [0.3, 0.4) is 0 Å². The zero-order valence-corrected chi connectivity index (χ0v) is 46.2. The summed E-state index contributed by atoms with van der Waals surface area (Å²) in [5.74, 6) is 1.42. The number of rotatable bonds is 12. The molecule has 4 aliphatic heterocycles. The molecule has 2 atom stereocenters. The Balaban J connectivity index is 0.000000244. The van der Waals surface area contributed by atoms with Gasteiger partial charge in [-0.2, -0.15) is 0 Å². The third-order valence-electron chi connectivity index (χ3n) is 16.6. The van der Waals surface area contributed by atoms with Crippen molar-refractivity contribution in [1.82, 2.24) is 19.6 Å². The number of nitrogens with two attached hydrogens (primary N) is 1. The number of piperidine rings is 2. The van der Waals surface area contributed by atoms with Crippen molar-refractivity contribution in [2.75, 3.05) is 57.8 Å². The SMILES string of the molecule is CC1(C)COC(=O)N1CC1(C2CCCCC2)CCN(C(=O)[C@H](N)Cc2ccc(Cl)cc2)CC1.C[C@H](Cc1ccc(Cl)cc1)C(=O)N1CCC(CN2C(=O)OCC2(C)C)(C2CCCCC2)CC1.Cl.ClCCl. The van der Waals surface area contributed by atoms with E-state index in [1.165, 1.54) is 64.2 Å². The van der Waals surface area contributed by atoms with Crippen molar-refractivity contribution in [1.29, 1.82) is 0 Å². The second-order valence-corrected chi connectivity index (χ2v) is 23.9. The molecule has 392 valence electrons. The van der Waals surface area contributed by atoms with E-state index in [4.69, 9.17) is 61.6 Å². The maximum absolute atomic E-state index is 13.3. The second kappa shape index (κ2) is 26.0. The summed E-state index contributed by atoms with van der Waals surface area (Å²) in [5.41, 5.74) is 8.05. The number of hydrogen-bond donors (Lipinski definition) is 1. The molecule has 8 rings (SSSR count). The number of alkyl halides is 2.